The molecule has 0 bridgehead atoms. The number of nitrogens with one attached hydrogen (secondary N) is 2. The molecule has 2 N–H and O–H groups in total. The lowest BCUT2D eigenvalue weighted by molar-refractivity contribution is 0.420. The van der Waals surface area contributed by atoms with E-state index in [1.54, 1.807) is 13.3 Å². The van der Waals surface area contributed by atoms with Crippen LogP contribution in [0.5, 0.6) is 5.75 Å². The summed E-state index contributed by atoms with van der Waals surface area (Å²) < 4.78 is 6.55. The first-order chi connectivity index (χ1) is 13.1. The Kier molecular flexibility index (Phi) is 4.31. The summed E-state index contributed by atoms with van der Waals surface area (Å²) in [6.45, 7) is 1.43. The van der Waals surface area contributed by atoms with E-state index in [0.29, 0.717) is 12.4 Å². The lowest BCUT2D eigenvalue weighted by atomic mass is 10.1. The number of H-pyrrole nitrogens is 1. The van der Waals surface area contributed by atoms with Gasteiger partial charge in [-0.2, -0.15) is 0 Å². The molecular formula is C19H21N5O3. The van der Waals surface area contributed by atoms with Gasteiger partial charge >= 0.3 is 5.69 Å². The van der Waals surface area contributed by atoms with E-state index in [0.717, 1.165) is 39.9 Å². The summed E-state index contributed by atoms with van der Waals surface area (Å²) in [5, 5.41) is 4.51. The first-order valence-corrected chi connectivity index (χ1v) is 8.80. The fourth-order valence-electron chi connectivity index (χ4n) is 3.49. The average Bonchev–Trinajstić information content (AvgIpc) is 3.14. The van der Waals surface area contributed by atoms with Gasteiger partial charge in [-0.1, -0.05) is 6.07 Å². The van der Waals surface area contributed by atoms with Crippen LogP contribution in [0.1, 0.15) is 6.42 Å². The smallest absolute Gasteiger partial charge is 0.329 e. The summed E-state index contributed by atoms with van der Waals surface area (Å²) in [6, 6.07) is 9.37. The largest absolute Gasteiger partial charge is 0.496 e. The van der Waals surface area contributed by atoms with Crippen LogP contribution in [0.15, 0.2) is 46.1 Å². The quantitative estimate of drug-likeness (QED) is 0.723. The summed E-state index contributed by atoms with van der Waals surface area (Å²) in [4.78, 5) is 32.9. The molecule has 0 unspecified atom stereocenters. The zero-order chi connectivity index (χ0) is 19.0. The molecule has 3 heterocycles. The Hall–Kier alpha value is -3.29. The number of nitrogens with zero attached hydrogens (tertiary/aromatic N) is 3. The Bertz CT molecular complexity index is 1070. The van der Waals surface area contributed by atoms with Crippen molar-refractivity contribution in [3.63, 3.8) is 0 Å². The molecule has 0 saturated carbocycles. The van der Waals surface area contributed by atoms with Crippen molar-refractivity contribution in [3.8, 4) is 5.75 Å². The summed E-state index contributed by atoms with van der Waals surface area (Å²) in [5.41, 5.74) is 1.11. The van der Waals surface area contributed by atoms with Crippen molar-refractivity contribution in [1.82, 2.24) is 14.5 Å². The Balaban J connectivity index is 1.58. The number of hydrogen-bond donors (Lipinski definition) is 2. The van der Waals surface area contributed by atoms with Crippen molar-refractivity contribution in [2.24, 2.45) is 7.05 Å². The first-order valence-electron chi connectivity index (χ1n) is 8.80. The van der Waals surface area contributed by atoms with Crippen LogP contribution in [-0.2, 0) is 7.05 Å². The third kappa shape index (κ3) is 3.14. The lowest BCUT2D eigenvalue weighted by Crippen LogP contribution is -2.35. The second-order valence-corrected chi connectivity index (χ2v) is 6.65. The zero-order valence-corrected chi connectivity index (χ0v) is 15.2. The molecule has 1 atom stereocenters. The van der Waals surface area contributed by atoms with Crippen molar-refractivity contribution in [2.45, 2.75) is 12.5 Å². The number of anilines is 2. The number of ether oxygens (including phenoxy) is 1. The van der Waals surface area contributed by atoms with Crippen LogP contribution in [0.2, 0.25) is 0 Å². The van der Waals surface area contributed by atoms with E-state index in [4.69, 9.17) is 4.74 Å². The molecule has 27 heavy (non-hydrogen) atoms. The van der Waals surface area contributed by atoms with Gasteiger partial charge in [0.15, 0.2) is 0 Å². The molecule has 1 fully saturated rings. The summed E-state index contributed by atoms with van der Waals surface area (Å²) in [6.07, 6.45) is 2.66. The van der Waals surface area contributed by atoms with E-state index in [2.05, 4.69) is 15.3 Å². The zero-order valence-electron chi connectivity index (χ0n) is 15.2. The Morgan fingerprint density at radius 2 is 2.15 bits per heavy atom. The van der Waals surface area contributed by atoms with E-state index in [1.807, 2.05) is 29.2 Å². The van der Waals surface area contributed by atoms with Crippen LogP contribution in [0.25, 0.3) is 10.9 Å². The van der Waals surface area contributed by atoms with Crippen molar-refractivity contribution < 1.29 is 4.74 Å². The highest BCUT2D eigenvalue weighted by Gasteiger charge is 2.24. The standard InChI is InChI=1S/C19H21N5O3/c1-23-17(25)10-16(22-19(23)26)24-9-7-12(11-24)21-14-6-8-20-13-4-3-5-15(27-2)18(13)14/h3-6,8,10,12H,7,9,11H2,1-2H3,(H,20,21)(H,22,26)/t12-/m0/s1. The molecule has 2 aromatic heterocycles. The normalized spacial score (nSPS) is 16.7. The Morgan fingerprint density at radius 1 is 1.30 bits per heavy atom. The van der Waals surface area contributed by atoms with Crippen LogP contribution < -0.4 is 26.2 Å². The number of aromatic amines is 1. The third-order valence-electron chi connectivity index (χ3n) is 4.97. The molecule has 8 heteroatoms. The minimum absolute atomic E-state index is 0.174. The minimum atomic E-state index is -0.404. The highest BCUT2D eigenvalue weighted by Crippen LogP contribution is 2.32. The number of fused-ring (bicyclic) bond motifs is 1. The minimum Gasteiger partial charge on any atom is -0.496 e. The maximum Gasteiger partial charge on any atom is 0.329 e. The van der Waals surface area contributed by atoms with Gasteiger partial charge in [-0.3, -0.25) is 19.3 Å². The molecule has 1 aromatic carbocycles. The fraction of sp³-hybridized carbons (Fsp3) is 0.316. The molecule has 0 spiro atoms. The molecule has 1 saturated heterocycles. The average molecular weight is 367 g/mol. The number of aromatic nitrogens is 3. The Labute approximate surface area is 155 Å². The van der Waals surface area contributed by atoms with Crippen LogP contribution in [0.3, 0.4) is 0 Å². The molecule has 1 aliphatic rings. The summed E-state index contributed by atoms with van der Waals surface area (Å²) in [7, 11) is 3.11. The third-order valence-corrected chi connectivity index (χ3v) is 4.97. The van der Waals surface area contributed by atoms with Gasteiger partial charge in [0.2, 0.25) is 0 Å². The molecule has 3 aromatic rings. The molecule has 0 radical (unpaired) electrons. The van der Waals surface area contributed by atoms with Gasteiger partial charge in [0.25, 0.3) is 5.56 Å². The van der Waals surface area contributed by atoms with Gasteiger partial charge in [-0.15, -0.1) is 0 Å². The SMILES string of the molecule is COc1cccc2nccc(N[C@H]3CCN(c4cc(=O)n(C)c(=O)[nH]4)C3)c12. The van der Waals surface area contributed by atoms with E-state index in [9.17, 15) is 9.59 Å². The van der Waals surface area contributed by atoms with Gasteiger partial charge in [-0.25, -0.2) is 4.79 Å². The maximum atomic E-state index is 11.9. The molecule has 140 valence electrons. The van der Waals surface area contributed by atoms with Crippen molar-refractivity contribution in [3.05, 3.63) is 57.4 Å². The van der Waals surface area contributed by atoms with Crippen molar-refractivity contribution in [1.29, 1.82) is 0 Å². The van der Waals surface area contributed by atoms with Crippen LogP contribution in [-0.4, -0.2) is 40.8 Å². The molecular weight excluding hydrogens is 346 g/mol. The van der Waals surface area contributed by atoms with Gasteiger partial charge in [0, 0.05) is 44.1 Å². The number of methoxy groups -OCH3 is 1. The number of pyridine rings is 1. The summed E-state index contributed by atoms with van der Waals surface area (Å²) in [5.74, 6) is 1.33. The van der Waals surface area contributed by atoms with E-state index in [-0.39, 0.29) is 11.6 Å². The number of benzene rings is 1. The second-order valence-electron chi connectivity index (χ2n) is 6.65. The molecule has 1 aliphatic heterocycles. The van der Waals surface area contributed by atoms with Crippen molar-refractivity contribution >= 4 is 22.4 Å². The molecule has 0 aliphatic carbocycles. The topological polar surface area (TPSA) is 92.2 Å². The van der Waals surface area contributed by atoms with Crippen LogP contribution >= 0.6 is 0 Å². The van der Waals surface area contributed by atoms with E-state index < -0.39 is 5.69 Å². The summed E-state index contributed by atoms with van der Waals surface area (Å²) >= 11 is 0. The molecule has 8 nitrogen and oxygen atoms in total. The van der Waals surface area contributed by atoms with Crippen molar-refractivity contribution in [2.75, 3.05) is 30.4 Å². The van der Waals surface area contributed by atoms with Gasteiger partial charge in [0.1, 0.15) is 11.6 Å². The van der Waals surface area contributed by atoms with Gasteiger partial charge in [-0.05, 0) is 24.6 Å². The highest BCUT2D eigenvalue weighted by atomic mass is 16.5. The molecule has 4 rings (SSSR count). The highest BCUT2D eigenvalue weighted by molar-refractivity contribution is 5.96. The predicted molar refractivity (Wildman–Crippen MR) is 105 cm³/mol. The van der Waals surface area contributed by atoms with E-state index in [1.165, 1.54) is 13.1 Å². The fourth-order valence-corrected chi connectivity index (χ4v) is 3.49. The first kappa shape index (κ1) is 17.1. The maximum absolute atomic E-state index is 11.9. The monoisotopic (exact) mass is 367 g/mol. The lowest BCUT2D eigenvalue weighted by Gasteiger charge is -2.20. The number of rotatable bonds is 4. The van der Waals surface area contributed by atoms with E-state index >= 15 is 0 Å². The number of hydrogen-bond acceptors (Lipinski definition) is 6. The molecule has 0 amide bonds. The van der Waals surface area contributed by atoms with Gasteiger partial charge in [0.05, 0.1) is 18.0 Å². The predicted octanol–water partition coefficient (Wildman–Crippen LogP) is 1.32. The second kappa shape index (κ2) is 6.79. The van der Waals surface area contributed by atoms with Crippen LogP contribution in [0.4, 0.5) is 11.5 Å². The van der Waals surface area contributed by atoms with Crippen LogP contribution in [0, 0.1) is 0 Å². The van der Waals surface area contributed by atoms with Gasteiger partial charge < -0.3 is 15.0 Å². The Morgan fingerprint density at radius 3 is 2.93 bits per heavy atom.